The summed E-state index contributed by atoms with van der Waals surface area (Å²) in [6.07, 6.45) is -3.65. The van der Waals surface area contributed by atoms with E-state index in [9.17, 15) is 22.8 Å². The van der Waals surface area contributed by atoms with Gasteiger partial charge >= 0.3 is 6.18 Å². The van der Waals surface area contributed by atoms with Gasteiger partial charge in [0.1, 0.15) is 5.01 Å². The third-order valence-corrected chi connectivity index (χ3v) is 5.71. The summed E-state index contributed by atoms with van der Waals surface area (Å²) in [6, 6.07) is 11.2. The molecular formula is C22H20ClF3N4O2S. The maximum absolute atomic E-state index is 12.7. The number of benzene rings is 2. The lowest BCUT2D eigenvalue weighted by molar-refractivity contribution is -0.137. The second-order valence-corrected chi connectivity index (χ2v) is 8.50. The Morgan fingerprint density at radius 1 is 1.09 bits per heavy atom. The molecule has 3 rings (SSSR count). The smallest absolute Gasteiger partial charge is 0.338 e. The molecule has 0 aliphatic heterocycles. The zero-order valence-corrected chi connectivity index (χ0v) is 19.1. The molecule has 0 spiro atoms. The molecule has 33 heavy (non-hydrogen) atoms. The van der Waals surface area contributed by atoms with Gasteiger partial charge in [-0.2, -0.15) is 13.2 Å². The topological polar surface area (TPSA) is 75.2 Å². The lowest BCUT2D eigenvalue weighted by atomic mass is 10.1. The molecule has 0 aliphatic carbocycles. The van der Waals surface area contributed by atoms with Crippen LogP contribution >= 0.6 is 22.9 Å². The van der Waals surface area contributed by atoms with Crippen molar-refractivity contribution in [2.75, 3.05) is 18.4 Å². The first kappa shape index (κ1) is 24.7. The van der Waals surface area contributed by atoms with Gasteiger partial charge in [0.25, 0.3) is 5.91 Å². The second-order valence-electron chi connectivity index (χ2n) is 7.09. The maximum atomic E-state index is 12.7. The van der Waals surface area contributed by atoms with Crippen molar-refractivity contribution in [3.8, 4) is 10.6 Å². The molecule has 2 amide bonds. The average Bonchev–Trinajstić information content (AvgIpc) is 3.24. The number of aromatic nitrogens is 2. The number of anilines is 1. The van der Waals surface area contributed by atoms with Crippen molar-refractivity contribution < 1.29 is 22.8 Å². The number of nitrogens with one attached hydrogen (secondary N) is 1. The molecule has 0 saturated heterocycles. The lowest BCUT2D eigenvalue weighted by Gasteiger charge is -2.22. The van der Waals surface area contributed by atoms with E-state index in [1.165, 1.54) is 12.1 Å². The first-order valence-corrected chi connectivity index (χ1v) is 11.2. The van der Waals surface area contributed by atoms with Crippen LogP contribution in [0.4, 0.5) is 18.3 Å². The van der Waals surface area contributed by atoms with Crippen molar-refractivity contribution in [1.82, 2.24) is 15.1 Å². The van der Waals surface area contributed by atoms with Gasteiger partial charge in [0.15, 0.2) is 0 Å². The largest absolute Gasteiger partial charge is 0.416 e. The van der Waals surface area contributed by atoms with E-state index in [-0.39, 0.29) is 29.9 Å². The van der Waals surface area contributed by atoms with E-state index in [0.717, 1.165) is 29.9 Å². The minimum absolute atomic E-state index is 0.0432. The molecule has 2 aromatic carbocycles. The van der Waals surface area contributed by atoms with Crippen LogP contribution in [-0.4, -0.2) is 40.0 Å². The monoisotopic (exact) mass is 496 g/mol. The van der Waals surface area contributed by atoms with Gasteiger partial charge < -0.3 is 10.2 Å². The van der Waals surface area contributed by atoms with E-state index in [1.807, 2.05) is 6.92 Å². The van der Waals surface area contributed by atoms with Crippen molar-refractivity contribution in [3.63, 3.8) is 0 Å². The van der Waals surface area contributed by atoms with Crippen molar-refractivity contribution in [1.29, 1.82) is 0 Å². The quantitative estimate of drug-likeness (QED) is 0.430. The summed E-state index contributed by atoms with van der Waals surface area (Å²) in [7, 11) is 0. The molecule has 0 unspecified atom stereocenters. The fraction of sp³-hybridized carbons (Fsp3) is 0.273. The Bertz CT molecular complexity index is 1120. The summed E-state index contributed by atoms with van der Waals surface area (Å²) in [5.74, 6) is -0.572. The van der Waals surface area contributed by atoms with E-state index in [4.69, 9.17) is 11.6 Å². The van der Waals surface area contributed by atoms with Gasteiger partial charge in [0.2, 0.25) is 11.0 Å². The molecule has 1 N–H and O–H groups in total. The summed E-state index contributed by atoms with van der Waals surface area (Å²) >= 11 is 7.01. The molecule has 0 aliphatic rings. The molecule has 1 aromatic heterocycles. The summed E-state index contributed by atoms with van der Waals surface area (Å²) in [5, 5.41) is 11.5. The normalized spacial score (nSPS) is 11.3. The van der Waals surface area contributed by atoms with Gasteiger partial charge in [-0.3, -0.25) is 9.59 Å². The summed E-state index contributed by atoms with van der Waals surface area (Å²) in [4.78, 5) is 26.7. The zero-order valence-electron chi connectivity index (χ0n) is 17.5. The van der Waals surface area contributed by atoms with Gasteiger partial charge in [0.05, 0.1) is 5.56 Å². The number of hydrogen-bond donors (Lipinski definition) is 1. The van der Waals surface area contributed by atoms with Crippen LogP contribution in [0.3, 0.4) is 0 Å². The Hall–Kier alpha value is -2.98. The van der Waals surface area contributed by atoms with Gasteiger partial charge in [-0.25, -0.2) is 0 Å². The van der Waals surface area contributed by atoms with Crippen LogP contribution in [0.2, 0.25) is 5.02 Å². The highest BCUT2D eigenvalue weighted by Crippen LogP contribution is 2.32. The van der Waals surface area contributed by atoms with Crippen molar-refractivity contribution in [3.05, 3.63) is 64.7 Å². The van der Waals surface area contributed by atoms with Gasteiger partial charge in [-0.1, -0.05) is 48.1 Å². The Kier molecular flexibility index (Phi) is 8.04. The minimum atomic E-state index is -4.42. The molecule has 174 valence electrons. The van der Waals surface area contributed by atoms with Crippen LogP contribution < -0.4 is 5.32 Å². The highest BCUT2D eigenvalue weighted by molar-refractivity contribution is 7.18. The number of carbonyl (C=O) groups is 2. The SMILES string of the molecule is CCCN(CCC(=O)Nc1nnc(-c2ccc(C(F)(F)F)cc2)s1)C(=O)c1cccc(Cl)c1. The molecule has 0 bridgehead atoms. The van der Waals surface area contributed by atoms with E-state index < -0.39 is 11.7 Å². The first-order chi connectivity index (χ1) is 15.7. The minimum Gasteiger partial charge on any atom is -0.338 e. The average molecular weight is 497 g/mol. The molecule has 0 atom stereocenters. The van der Waals surface area contributed by atoms with E-state index in [2.05, 4.69) is 15.5 Å². The number of nitrogens with zero attached hydrogens (tertiary/aromatic N) is 3. The number of rotatable bonds is 8. The standard InChI is InChI=1S/C22H20ClF3N4O2S/c1-2-11-30(20(32)15-4-3-5-17(23)13-15)12-10-18(31)27-21-29-28-19(33-21)14-6-8-16(9-7-14)22(24,25)26/h3-9,13H,2,10-12H2,1H3,(H,27,29,31). The van der Waals surface area contributed by atoms with E-state index in [0.29, 0.717) is 27.7 Å². The van der Waals surface area contributed by atoms with E-state index in [1.54, 1.807) is 29.2 Å². The Balaban J connectivity index is 1.59. The summed E-state index contributed by atoms with van der Waals surface area (Å²) < 4.78 is 38.1. The zero-order chi connectivity index (χ0) is 24.0. The maximum Gasteiger partial charge on any atom is 0.416 e. The molecule has 0 radical (unpaired) electrons. The molecule has 0 saturated carbocycles. The van der Waals surface area contributed by atoms with Crippen LogP contribution in [0.5, 0.6) is 0 Å². The number of alkyl halides is 3. The van der Waals surface area contributed by atoms with Crippen LogP contribution in [0, 0.1) is 0 Å². The number of halogens is 4. The second kappa shape index (κ2) is 10.8. The molecule has 0 fully saturated rings. The van der Waals surface area contributed by atoms with E-state index >= 15 is 0 Å². The van der Waals surface area contributed by atoms with Gasteiger partial charge in [0, 0.05) is 35.7 Å². The van der Waals surface area contributed by atoms with Crippen molar-refractivity contribution >= 4 is 39.9 Å². The Morgan fingerprint density at radius 2 is 1.82 bits per heavy atom. The number of carbonyl (C=O) groups excluding carboxylic acids is 2. The molecule has 6 nitrogen and oxygen atoms in total. The third-order valence-electron chi connectivity index (χ3n) is 4.59. The van der Waals surface area contributed by atoms with Gasteiger partial charge in [-0.05, 0) is 36.8 Å². The number of hydrogen-bond acceptors (Lipinski definition) is 5. The van der Waals surface area contributed by atoms with Crippen LogP contribution in [-0.2, 0) is 11.0 Å². The molecule has 11 heteroatoms. The highest BCUT2D eigenvalue weighted by Gasteiger charge is 2.30. The predicted molar refractivity (Wildman–Crippen MR) is 121 cm³/mol. The Morgan fingerprint density at radius 3 is 2.45 bits per heavy atom. The van der Waals surface area contributed by atoms with Gasteiger partial charge in [-0.15, -0.1) is 10.2 Å². The molecular weight excluding hydrogens is 477 g/mol. The first-order valence-electron chi connectivity index (χ1n) is 10.0. The van der Waals surface area contributed by atoms with Crippen molar-refractivity contribution in [2.45, 2.75) is 25.9 Å². The predicted octanol–water partition coefficient (Wildman–Crippen LogP) is 5.76. The molecule has 3 aromatic rings. The highest BCUT2D eigenvalue weighted by atomic mass is 35.5. The Labute approximate surface area is 197 Å². The summed E-state index contributed by atoms with van der Waals surface area (Å²) in [5.41, 5.74) is 0.150. The van der Waals surface area contributed by atoms with Crippen LogP contribution in [0.25, 0.3) is 10.6 Å². The molecule has 1 heterocycles. The van der Waals surface area contributed by atoms with Crippen LogP contribution in [0.15, 0.2) is 48.5 Å². The third kappa shape index (κ3) is 6.75. The number of amides is 2. The lowest BCUT2D eigenvalue weighted by Crippen LogP contribution is -2.34. The fourth-order valence-electron chi connectivity index (χ4n) is 3.00. The fourth-order valence-corrected chi connectivity index (χ4v) is 3.95. The van der Waals surface area contributed by atoms with Crippen LogP contribution in [0.1, 0.15) is 35.7 Å². The summed E-state index contributed by atoms with van der Waals surface area (Å²) in [6.45, 7) is 2.62. The van der Waals surface area contributed by atoms with Crippen molar-refractivity contribution in [2.24, 2.45) is 0 Å².